The lowest BCUT2D eigenvalue weighted by Crippen LogP contribution is -2.50. The van der Waals surface area contributed by atoms with Crippen molar-refractivity contribution >= 4 is 9.84 Å². The van der Waals surface area contributed by atoms with E-state index in [0.29, 0.717) is 0 Å². The molecule has 0 saturated carbocycles. The van der Waals surface area contributed by atoms with Crippen LogP contribution in [0.5, 0.6) is 0 Å². The normalized spacial score (nSPS) is 29.6. The van der Waals surface area contributed by atoms with Crippen molar-refractivity contribution < 1.29 is 12.8 Å². The van der Waals surface area contributed by atoms with E-state index in [2.05, 4.69) is 0 Å². The average molecular weight is 215 g/mol. The molecule has 0 aromatic heterocycles. The molecule has 5 heteroatoms. The first-order valence-electron chi connectivity index (χ1n) is 4.24. The Bertz CT molecular complexity index is 458. The molecule has 2 atom stereocenters. The average Bonchev–Trinajstić information content (AvgIpc) is 2.07. The second kappa shape index (κ2) is 3.03. The van der Waals surface area contributed by atoms with Crippen LogP contribution in [0, 0.1) is 5.82 Å². The van der Waals surface area contributed by atoms with E-state index in [4.69, 9.17) is 5.73 Å². The Labute approximate surface area is 81.7 Å². The summed E-state index contributed by atoms with van der Waals surface area (Å²) in [7, 11) is -3.21. The number of halogens is 1. The van der Waals surface area contributed by atoms with Crippen LogP contribution >= 0.6 is 0 Å². The summed E-state index contributed by atoms with van der Waals surface area (Å²) < 4.78 is 35.9. The van der Waals surface area contributed by atoms with Crippen LogP contribution < -0.4 is 5.73 Å². The summed E-state index contributed by atoms with van der Waals surface area (Å²) >= 11 is 0. The molecular weight excluding hydrogens is 205 g/mol. The van der Waals surface area contributed by atoms with E-state index in [1.807, 2.05) is 0 Å². The molecule has 0 bridgehead atoms. The van der Waals surface area contributed by atoms with E-state index in [0.717, 1.165) is 0 Å². The lowest BCUT2D eigenvalue weighted by Gasteiger charge is -2.33. The Morgan fingerprint density at radius 3 is 2.50 bits per heavy atom. The summed E-state index contributed by atoms with van der Waals surface area (Å²) in [6.07, 6.45) is 0. The predicted molar refractivity (Wildman–Crippen MR) is 50.9 cm³/mol. The zero-order chi connectivity index (χ0) is 10.3. The van der Waals surface area contributed by atoms with Gasteiger partial charge in [0.1, 0.15) is 11.1 Å². The number of nitrogens with two attached hydrogens (primary N) is 1. The second-order valence-corrected chi connectivity index (χ2v) is 5.60. The van der Waals surface area contributed by atoms with Gasteiger partial charge in [-0.25, -0.2) is 12.8 Å². The highest BCUT2D eigenvalue weighted by Crippen LogP contribution is 2.36. The molecule has 2 N–H and O–H groups in total. The maximum Gasteiger partial charge on any atom is 0.160 e. The van der Waals surface area contributed by atoms with Crippen molar-refractivity contribution in [2.45, 2.75) is 11.3 Å². The first kappa shape index (κ1) is 9.61. The minimum Gasteiger partial charge on any atom is -0.325 e. The number of hydrogen-bond donors (Lipinski definition) is 1. The number of rotatable bonds is 1. The van der Waals surface area contributed by atoms with Gasteiger partial charge in [0.25, 0.3) is 0 Å². The van der Waals surface area contributed by atoms with E-state index in [-0.39, 0.29) is 11.3 Å². The fourth-order valence-electron chi connectivity index (χ4n) is 1.73. The smallest absolute Gasteiger partial charge is 0.160 e. The number of sulfone groups is 1. The summed E-state index contributed by atoms with van der Waals surface area (Å²) in [6.45, 7) is 0. The van der Waals surface area contributed by atoms with Gasteiger partial charge in [0.2, 0.25) is 0 Å². The molecule has 0 spiro atoms. The van der Waals surface area contributed by atoms with Crippen molar-refractivity contribution in [2.75, 3.05) is 5.75 Å². The Kier molecular flexibility index (Phi) is 2.08. The quantitative estimate of drug-likeness (QED) is 0.747. The molecule has 2 unspecified atom stereocenters. The summed E-state index contributed by atoms with van der Waals surface area (Å²) in [6, 6.07) is 5.37. The largest absolute Gasteiger partial charge is 0.325 e. The standard InChI is InChI=1S/C9H10FNO2S/c10-7-4-2-1-3-6(7)9-8(11)5-14(9,12)13/h1-4,8-9H,5,11H2. The van der Waals surface area contributed by atoms with Crippen LogP contribution in [0.2, 0.25) is 0 Å². The van der Waals surface area contributed by atoms with Gasteiger partial charge < -0.3 is 5.73 Å². The molecule has 76 valence electrons. The summed E-state index contributed by atoms with van der Waals surface area (Å²) in [4.78, 5) is 0. The Morgan fingerprint density at radius 2 is 2.00 bits per heavy atom. The molecule has 14 heavy (non-hydrogen) atoms. The van der Waals surface area contributed by atoms with Gasteiger partial charge in [-0.15, -0.1) is 0 Å². The van der Waals surface area contributed by atoms with Crippen LogP contribution in [0.15, 0.2) is 24.3 Å². The summed E-state index contributed by atoms with van der Waals surface area (Å²) in [5, 5.41) is -0.858. The minimum atomic E-state index is -3.21. The summed E-state index contributed by atoms with van der Waals surface area (Å²) in [5.74, 6) is -0.553. The van der Waals surface area contributed by atoms with Gasteiger partial charge in [-0.1, -0.05) is 18.2 Å². The van der Waals surface area contributed by atoms with E-state index in [1.54, 1.807) is 6.07 Å². The maximum absolute atomic E-state index is 13.3. The number of benzene rings is 1. The lowest BCUT2D eigenvalue weighted by atomic mass is 10.1. The molecule has 1 saturated heterocycles. The molecule has 1 aliphatic heterocycles. The Morgan fingerprint density at radius 1 is 1.36 bits per heavy atom. The molecule has 1 heterocycles. The van der Waals surface area contributed by atoms with Gasteiger partial charge in [0, 0.05) is 11.6 Å². The van der Waals surface area contributed by atoms with E-state index < -0.39 is 26.9 Å². The molecule has 0 amide bonds. The molecule has 0 radical (unpaired) electrons. The van der Waals surface area contributed by atoms with E-state index >= 15 is 0 Å². The second-order valence-electron chi connectivity index (χ2n) is 3.44. The van der Waals surface area contributed by atoms with Crippen molar-refractivity contribution in [1.29, 1.82) is 0 Å². The van der Waals surface area contributed by atoms with E-state index in [9.17, 15) is 12.8 Å². The van der Waals surface area contributed by atoms with Gasteiger partial charge in [-0.2, -0.15) is 0 Å². The fraction of sp³-hybridized carbons (Fsp3) is 0.333. The third kappa shape index (κ3) is 1.33. The third-order valence-electron chi connectivity index (χ3n) is 2.41. The first-order valence-corrected chi connectivity index (χ1v) is 5.95. The molecule has 2 rings (SSSR count). The molecule has 3 nitrogen and oxygen atoms in total. The van der Waals surface area contributed by atoms with Crippen LogP contribution in [0.25, 0.3) is 0 Å². The maximum atomic E-state index is 13.3. The first-order chi connectivity index (χ1) is 6.52. The topological polar surface area (TPSA) is 60.2 Å². The molecule has 1 fully saturated rings. The molecule has 0 aliphatic carbocycles. The highest BCUT2D eigenvalue weighted by Gasteiger charge is 2.45. The van der Waals surface area contributed by atoms with E-state index in [1.165, 1.54) is 18.2 Å². The molecule has 1 aromatic rings. The monoisotopic (exact) mass is 215 g/mol. The van der Waals surface area contributed by atoms with Gasteiger partial charge in [-0.3, -0.25) is 0 Å². The zero-order valence-corrected chi connectivity index (χ0v) is 8.17. The van der Waals surface area contributed by atoms with Crippen molar-refractivity contribution in [3.63, 3.8) is 0 Å². The van der Waals surface area contributed by atoms with Crippen LogP contribution in [-0.2, 0) is 9.84 Å². The third-order valence-corrected chi connectivity index (χ3v) is 4.64. The molecular formula is C9H10FNO2S. The van der Waals surface area contributed by atoms with Crippen LogP contribution in [0.1, 0.15) is 10.8 Å². The van der Waals surface area contributed by atoms with Crippen LogP contribution in [0.4, 0.5) is 4.39 Å². The lowest BCUT2D eigenvalue weighted by molar-refractivity contribution is 0.508. The van der Waals surface area contributed by atoms with Gasteiger partial charge >= 0.3 is 0 Å². The molecule has 1 aromatic carbocycles. The van der Waals surface area contributed by atoms with Crippen molar-refractivity contribution in [2.24, 2.45) is 5.73 Å². The van der Waals surface area contributed by atoms with Crippen LogP contribution in [0.3, 0.4) is 0 Å². The van der Waals surface area contributed by atoms with Gasteiger partial charge in [-0.05, 0) is 6.07 Å². The predicted octanol–water partition coefficient (Wildman–Crippen LogP) is 0.622. The SMILES string of the molecule is NC1CS(=O)(=O)C1c1ccccc1F. The number of hydrogen-bond acceptors (Lipinski definition) is 3. The van der Waals surface area contributed by atoms with Crippen molar-refractivity contribution in [1.82, 2.24) is 0 Å². The Balaban J connectivity index is 2.46. The fourth-order valence-corrected chi connectivity index (χ4v) is 3.52. The zero-order valence-electron chi connectivity index (χ0n) is 7.35. The van der Waals surface area contributed by atoms with Gasteiger partial charge in [0.05, 0.1) is 5.75 Å². The highest BCUT2D eigenvalue weighted by atomic mass is 32.2. The summed E-state index contributed by atoms with van der Waals surface area (Å²) in [5.41, 5.74) is 5.74. The van der Waals surface area contributed by atoms with Crippen LogP contribution in [-0.4, -0.2) is 20.2 Å². The molecule has 1 aliphatic rings. The van der Waals surface area contributed by atoms with Crippen molar-refractivity contribution in [3.05, 3.63) is 35.6 Å². The van der Waals surface area contributed by atoms with Gasteiger partial charge in [0.15, 0.2) is 9.84 Å². The highest BCUT2D eigenvalue weighted by molar-refractivity contribution is 7.93. The minimum absolute atomic E-state index is 0.0496. The Hall–Kier alpha value is -0.940. The van der Waals surface area contributed by atoms with Crippen molar-refractivity contribution in [3.8, 4) is 0 Å².